The minimum atomic E-state index is -0.825. The monoisotopic (exact) mass is 255 g/mol. The molecule has 94 valence electrons. The molecule has 1 rings (SSSR count). The third kappa shape index (κ3) is 4.54. The fraction of sp³-hybridized carbons (Fsp3) is 0.455. The Balaban J connectivity index is 2.52. The number of imide groups is 1. The molecule has 1 aromatic heterocycles. The number of rotatable bonds is 5. The van der Waals surface area contributed by atoms with Gasteiger partial charge in [0.1, 0.15) is 0 Å². The van der Waals surface area contributed by atoms with Crippen molar-refractivity contribution in [3.05, 3.63) is 22.4 Å². The van der Waals surface area contributed by atoms with E-state index in [1.165, 1.54) is 4.88 Å². The van der Waals surface area contributed by atoms with Crippen LogP contribution >= 0.6 is 11.3 Å². The van der Waals surface area contributed by atoms with Crippen molar-refractivity contribution in [1.29, 1.82) is 0 Å². The van der Waals surface area contributed by atoms with Crippen molar-refractivity contribution < 1.29 is 9.59 Å². The van der Waals surface area contributed by atoms with Gasteiger partial charge in [0, 0.05) is 10.9 Å². The van der Waals surface area contributed by atoms with Gasteiger partial charge in [0.2, 0.25) is 5.91 Å². The molecule has 1 heterocycles. The van der Waals surface area contributed by atoms with E-state index in [4.69, 9.17) is 5.73 Å². The van der Waals surface area contributed by atoms with Gasteiger partial charge in [-0.25, -0.2) is 4.79 Å². The van der Waals surface area contributed by atoms with E-state index in [-0.39, 0.29) is 12.6 Å². The smallest absolute Gasteiger partial charge is 0.318 e. The summed E-state index contributed by atoms with van der Waals surface area (Å²) in [6, 6.07) is 3.28. The van der Waals surface area contributed by atoms with Crippen LogP contribution in [0.1, 0.15) is 24.8 Å². The molecule has 0 aliphatic carbocycles. The molecule has 3 amide bonds. The highest BCUT2D eigenvalue weighted by Gasteiger charge is 2.17. The molecule has 0 saturated carbocycles. The lowest BCUT2D eigenvalue weighted by molar-refractivity contribution is -0.119. The Labute approximate surface area is 104 Å². The number of thiophene rings is 1. The van der Waals surface area contributed by atoms with Gasteiger partial charge >= 0.3 is 6.03 Å². The molecule has 6 heteroatoms. The topological polar surface area (TPSA) is 84.2 Å². The molecule has 1 unspecified atom stereocenters. The van der Waals surface area contributed by atoms with E-state index in [1.54, 1.807) is 11.3 Å². The van der Waals surface area contributed by atoms with Gasteiger partial charge in [-0.15, -0.1) is 11.3 Å². The molecule has 4 N–H and O–H groups in total. The van der Waals surface area contributed by atoms with E-state index in [9.17, 15) is 9.59 Å². The summed E-state index contributed by atoms with van der Waals surface area (Å²) in [6.45, 7) is 4.22. The van der Waals surface area contributed by atoms with Gasteiger partial charge in [0.25, 0.3) is 0 Å². The molecule has 0 aromatic carbocycles. The van der Waals surface area contributed by atoms with Crippen LogP contribution in [-0.4, -0.2) is 18.5 Å². The van der Waals surface area contributed by atoms with Crippen molar-refractivity contribution in [2.45, 2.75) is 19.9 Å². The minimum Gasteiger partial charge on any atom is -0.351 e. The van der Waals surface area contributed by atoms with Gasteiger partial charge < -0.3 is 11.1 Å². The number of amides is 3. The maximum Gasteiger partial charge on any atom is 0.318 e. The molecule has 0 spiro atoms. The van der Waals surface area contributed by atoms with E-state index >= 15 is 0 Å². The average molecular weight is 255 g/mol. The molecule has 0 radical (unpaired) electrons. The lowest BCUT2D eigenvalue weighted by atomic mass is 10.0. The van der Waals surface area contributed by atoms with Crippen LogP contribution in [0.2, 0.25) is 0 Å². The lowest BCUT2D eigenvalue weighted by Gasteiger charge is -2.20. The van der Waals surface area contributed by atoms with Gasteiger partial charge in [-0.2, -0.15) is 0 Å². The third-order valence-electron chi connectivity index (χ3n) is 2.26. The van der Waals surface area contributed by atoms with Crippen LogP contribution < -0.4 is 16.4 Å². The predicted molar refractivity (Wildman–Crippen MR) is 67.6 cm³/mol. The number of hydrogen-bond acceptors (Lipinski definition) is 4. The van der Waals surface area contributed by atoms with Crippen molar-refractivity contribution in [3.8, 4) is 0 Å². The SMILES string of the molecule is CC(C)C(NCC(=O)NC(N)=O)c1cccs1. The molecule has 17 heavy (non-hydrogen) atoms. The first-order chi connectivity index (χ1) is 8.00. The molecule has 0 bridgehead atoms. The highest BCUT2D eigenvalue weighted by molar-refractivity contribution is 7.10. The second-order valence-electron chi connectivity index (χ2n) is 4.03. The van der Waals surface area contributed by atoms with E-state index < -0.39 is 11.9 Å². The third-order valence-corrected chi connectivity index (χ3v) is 3.22. The molecule has 0 aliphatic heterocycles. The fourth-order valence-electron chi connectivity index (χ4n) is 1.52. The van der Waals surface area contributed by atoms with Crippen LogP contribution in [0.3, 0.4) is 0 Å². The second kappa shape index (κ2) is 6.36. The van der Waals surface area contributed by atoms with Gasteiger partial charge in [0.15, 0.2) is 0 Å². The summed E-state index contributed by atoms with van der Waals surface area (Å²) >= 11 is 1.64. The molecule has 0 fully saturated rings. The van der Waals surface area contributed by atoms with Gasteiger partial charge in [-0.1, -0.05) is 19.9 Å². The fourth-order valence-corrected chi connectivity index (χ4v) is 2.49. The van der Waals surface area contributed by atoms with Crippen LogP contribution in [0.5, 0.6) is 0 Å². The average Bonchev–Trinajstić information content (AvgIpc) is 2.69. The van der Waals surface area contributed by atoms with Crippen molar-refractivity contribution in [1.82, 2.24) is 10.6 Å². The summed E-state index contributed by atoms with van der Waals surface area (Å²) in [7, 11) is 0. The van der Waals surface area contributed by atoms with Crippen LogP contribution in [0.15, 0.2) is 17.5 Å². The summed E-state index contributed by atoms with van der Waals surface area (Å²) in [5.74, 6) is -0.0604. The summed E-state index contributed by atoms with van der Waals surface area (Å²) in [4.78, 5) is 22.9. The Kier molecular flexibility index (Phi) is 5.11. The molecule has 1 aromatic rings. The number of carbonyl (C=O) groups excluding carboxylic acids is 2. The zero-order valence-corrected chi connectivity index (χ0v) is 10.7. The zero-order valence-electron chi connectivity index (χ0n) is 9.90. The predicted octanol–water partition coefficient (Wildman–Crippen LogP) is 1.23. The summed E-state index contributed by atoms with van der Waals surface area (Å²) in [5, 5.41) is 7.14. The molecule has 1 atom stereocenters. The van der Waals surface area contributed by atoms with Gasteiger partial charge in [-0.3, -0.25) is 10.1 Å². The van der Waals surface area contributed by atoms with E-state index in [0.717, 1.165) is 0 Å². The minimum absolute atomic E-state index is 0.0731. The molecular formula is C11H17N3O2S. The Morgan fingerprint density at radius 1 is 1.47 bits per heavy atom. The Bertz CT molecular complexity index is 376. The number of carbonyl (C=O) groups is 2. The summed E-state index contributed by atoms with van der Waals surface area (Å²) < 4.78 is 0. The van der Waals surface area contributed by atoms with E-state index in [2.05, 4.69) is 19.2 Å². The highest BCUT2D eigenvalue weighted by Crippen LogP contribution is 2.25. The van der Waals surface area contributed by atoms with Crippen LogP contribution in [0, 0.1) is 5.92 Å². The molecular weight excluding hydrogens is 238 g/mol. The Hall–Kier alpha value is -1.40. The number of nitrogens with two attached hydrogens (primary N) is 1. The normalized spacial score (nSPS) is 12.4. The largest absolute Gasteiger partial charge is 0.351 e. The number of primary amides is 1. The van der Waals surface area contributed by atoms with Crippen molar-refractivity contribution >= 4 is 23.3 Å². The first-order valence-electron chi connectivity index (χ1n) is 5.36. The van der Waals surface area contributed by atoms with Crippen LogP contribution in [-0.2, 0) is 4.79 Å². The Morgan fingerprint density at radius 2 is 2.18 bits per heavy atom. The maximum absolute atomic E-state index is 11.3. The van der Waals surface area contributed by atoms with E-state index in [0.29, 0.717) is 5.92 Å². The quantitative estimate of drug-likeness (QED) is 0.740. The first kappa shape index (κ1) is 13.7. The number of hydrogen-bond donors (Lipinski definition) is 3. The maximum atomic E-state index is 11.3. The highest BCUT2D eigenvalue weighted by atomic mass is 32.1. The number of nitrogens with one attached hydrogen (secondary N) is 2. The van der Waals surface area contributed by atoms with Crippen molar-refractivity contribution in [2.75, 3.05) is 6.54 Å². The van der Waals surface area contributed by atoms with Gasteiger partial charge in [0.05, 0.1) is 6.54 Å². The molecule has 5 nitrogen and oxygen atoms in total. The second-order valence-corrected chi connectivity index (χ2v) is 5.01. The van der Waals surface area contributed by atoms with Crippen molar-refractivity contribution in [2.24, 2.45) is 11.7 Å². The molecule has 0 aliphatic rings. The Morgan fingerprint density at radius 3 is 2.65 bits per heavy atom. The molecule has 0 saturated heterocycles. The van der Waals surface area contributed by atoms with Crippen LogP contribution in [0.25, 0.3) is 0 Å². The van der Waals surface area contributed by atoms with Crippen molar-refractivity contribution in [3.63, 3.8) is 0 Å². The first-order valence-corrected chi connectivity index (χ1v) is 6.24. The van der Waals surface area contributed by atoms with E-state index in [1.807, 2.05) is 22.8 Å². The van der Waals surface area contributed by atoms with Gasteiger partial charge in [-0.05, 0) is 17.4 Å². The summed E-state index contributed by atoms with van der Waals surface area (Å²) in [5.41, 5.74) is 4.86. The lowest BCUT2D eigenvalue weighted by Crippen LogP contribution is -2.42. The zero-order chi connectivity index (χ0) is 12.8. The standard InChI is InChI=1S/C11H17N3O2S/c1-7(2)10(8-4-3-5-17-8)13-6-9(15)14-11(12)16/h3-5,7,10,13H,6H2,1-2H3,(H3,12,14,15,16). The van der Waals surface area contributed by atoms with Crippen LogP contribution in [0.4, 0.5) is 4.79 Å². The summed E-state index contributed by atoms with van der Waals surface area (Å²) in [6.07, 6.45) is 0. The number of urea groups is 1.